The van der Waals surface area contributed by atoms with E-state index < -0.39 is 11.0 Å². The number of ether oxygens (including phenoxy) is 2. The third-order valence-electron chi connectivity index (χ3n) is 3.57. The van der Waals surface area contributed by atoms with Crippen LogP contribution < -0.4 is 4.74 Å². The Morgan fingerprint density at radius 2 is 1.46 bits per heavy atom. The molecule has 0 aliphatic heterocycles. The van der Waals surface area contributed by atoms with Gasteiger partial charge in [0.15, 0.2) is 5.60 Å². The van der Waals surface area contributed by atoms with Crippen LogP contribution in [-0.4, -0.2) is 5.97 Å². The van der Waals surface area contributed by atoms with Crippen LogP contribution in [0.15, 0.2) is 54.6 Å². The molecule has 0 spiro atoms. The molecule has 1 unspecified atom stereocenters. The van der Waals surface area contributed by atoms with Gasteiger partial charge in [-0.25, -0.2) is 0 Å². The summed E-state index contributed by atoms with van der Waals surface area (Å²) >= 11 is 0. The van der Waals surface area contributed by atoms with Crippen molar-refractivity contribution in [3.8, 4) is 23.8 Å². The molecule has 0 saturated heterocycles. The van der Waals surface area contributed by atoms with Crippen LogP contribution in [0.2, 0.25) is 0 Å². The average molecular weight is 322 g/mol. The summed E-state index contributed by atoms with van der Waals surface area (Å²) < 4.78 is 11.3. The van der Waals surface area contributed by atoms with Gasteiger partial charge in [-0.05, 0) is 52.0 Å². The smallest absolute Gasteiger partial charge is 0.313 e. The molecule has 0 bridgehead atoms. The van der Waals surface area contributed by atoms with E-state index in [0.29, 0.717) is 5.75 Å². The molecule has 24 heavy (non-hydrogen) atoms. The van der Waals surface area contributed by atoms with Crippen LogP contribution in [0.25, 0.3) is 0 Å². The molecule has 3 heteroatoms. The van der Waals surface area contributed by atoms with Crippen molar-refractivity contribution in [2.24, 2.45) is 5.41 Å². The van der Waals surface area contributed by atoms with Crippen LogP contribution >= 0.6 is 0 Å². The van der Waals surface area contributed by atoms with E-state index in [-0.39, 0.29) is 5.97 Å². The number of benzene rings is 2. The molecular formula is C21H22O3. The lowest BCUT2D eigenvalue weighted by Crippen LogP contribution is -2.33. The number of hydrogen-bond acceptors (Lipinski definition) is 3. The van der Waals surface area contributed by atoms with E-state index in [1.807, 2.05) is 54.6 Å². The first-order chi connectivity index (χ1) is 11.2. The Morgan fingerprint density at radius 3 is 1.96 bits per heavy atom. The molecule has 2 aromatic rings. The van der Waals surface area contributed by atoms with E-state index in [4.69, 9.17) is 15.9 Å². The normalized spacial score (nSPS) is 13.5. The minimum Gasteiger partial charge on any atom is -0.457 e. The third kappa shape index (κ3) is 4.17. The van der Waals surface area contributed by atoms with Crippen molar-refractivity contribution in [1.29, 1.82) is 0 Å². The molecule has 0 aliphatic rings. The second kappa shape index (κ2) is 6.80. The summed E-state index contributed by atoms with van der Waals surface area (Å²) in [5.74, 6) is 3.68. The Hall–Kier alpha value is -2.73. The van der Waals surface area contributed by atoms with E-state index >= 15 is 0 Å². The maximum atomic E-state index is 12.2. The molecule has 0 fully saturated rings. The fraction of sp³-hybridized carbons (Fsp3) is 0.286. The Labute approximate surface area is 143 Å². The lowest BCUT2D eigenvalue weighted by molar-refractivity contribution is -0.163. The summed E-state index contributed by atoms with van der Waals surface area (Å²) in [4.78, 5) is 12.2. The van der Waals surface area contributed by atoms with E-state index in [2.05, 4.69) is 5.92 Å². The van der Waals surface area contributed by atoms with Crippen molar-refractivity contribution >= 4 is 5.97 Å². The van der Waals surface area contributed by atoms with E-state index in [1.165, 1.54) is 0 Å². The number of rotatable bonds is 4. The van der Waals surface area contributed by atoms with Crippen LogP contribution in [0.1, 0.15) is 33.3 Å². The zero-order valence-corrected chi connectivity index (χ0v) is 14.5. The SMILES string of the molecule is C#CC(C)(OC(=O)C(C)(C)C)c1ccc(Oc2ccccc2)cc1. The van der Waals surface area contributed by atoms with Crippen molar-refractivity contribution in [3.05, 3.63) is 60.2 Å². The molecule has 1 atom stereocenters. The van der Waals surface area contributed by atoms with Gasteiger partial charge in [-0.15, -0.1) is 6.42 Å². The molecule has 2 rings (SSSR count). The summed E-state index contributed by atoms with van der Waals surface area (Å²) in [6.45, 7) is 7.10. The third-order valence-corrected chi connectivity index (χ3v) is 3.57. The molecule has 2 aromatic carbocycles. The molecule has 0 heterocycles. The van der Waals surface area contributed by atoms with Gasteiger partial charge >= 0.3 is 5.97 Å². The Balaban J connectivity index is 2.18. The molecule has 0 radical (unpaired) electrons. The van der Waals surface area contributed by atoms with Gasteiger partial charge in [0.05, 0.1) is 5.41 Å². The summed E-state index contributed by atoms with van der Waals surface area (Å²) in [7, 11) is 0. The molecule has 0 saturated carbocycles. The summed E-state index contributed by atoms with van der Waals surface area (Å²) in [5, 5.41) is 0. The number of para-hydroxylation sites is 1. The molecule has 0 amide bonds. The van der Waals surface area contributed by atoms with Gasteiger partial charge in [-0.3, -0.25) is 4.79 Å². The predicted octanol–water partition coefficient (Wildman–Crippen LogP) is 4.92. The van der Waals surface area contributed by atoms with E-state index in [9.17, 15) is 4.79 Å². The second-order valence-corrected chi connectivity index (χ2v) is 6.76. The molecule has 0 aromatic heterocycles. The summed E-state index contributed by atoms with van der Waals surface area (Å²) in [6, 6.07) is 16.7. The van der Waals surface area contributed by atoms with E-state index in [1.54, 1.807) is 27.7 Å². The van der Waals surface area contributed by atoms with Crippen LogP contribution in [0.4, 0.5) is 0 Å². The number of terminal acetylenes is 1. The topological polar surface area (TPSA) is 35.5 Å². The first kappa shape index (κ1) is 17.6. The van der Waals surface area contributed by atoms with Crippen molar-refractivity contribution in [3.63, 3.8) is 0 Å². The first-order valence-electron chi connectivity index (χ1n) is 7.79. The van der Waals surface area contributed by atoms with E-state index in [0.717, 1.165) is 11.3 Å². The zero-order valence-electron chi connectivity index (χ0n) is 14.5. The number of hydrogen-bond donors (Lipinski definition) is 0. The number of esters is 1. The van der Waals surface area contributed by atoms with Crippen molar-refractivity contribution in [2.75, 3.05) is 0 Å². The molecule has 0 aliphatic carbocycles. The highest BCUT2D eigenvalue weighted by Gasteiger charge is 2.33. The highest BCUT2D eigenvalue weighted by atomic mass is 16.6. The minimum atomic E-state index is -1.12. The Bertz CT molecular complexity index is 733. The fourth-order valence-electron chi connectivity index (χ4n) is 1.98. The maximum absolute atomic E-state index is 12.2. The standard InChI is InChI=1S/C21H22O3/c1-6-21(5,24-19(22)20(2,3)4)16-12-14-18(15-13-16)23-17-10-8-7-9-11-17/h1,7-15H,2-5H3. The monoisotopic (exact) mass is 322 g/mol. The van der Waals surface area contributed by atoms with Crippen molar-refractivity contribution in [1.82, 2.24) is 0 Å². The molecule has 124 valence electrons. The van der Waals surface area contributed by atoms with Gasteiger partial charge in [-0.1, -0.05) is 36.3 Å². The van der Waals surface area contributed by atoms with Gasteiger partial charge in [0.25, 0.3) is 0 Å². The zero-order chi connectivity index (χ0) is 17.8. The molecule has 3 nitrogen and oxygen atoms in total. The molecular weight excluding hydrogens is 300 g/mol. The van der Waals surface area contributed by atoms with Gasteiger partial charge in [0, 0.05) is 5.56 Å². The van der Waals surface area contributed by atoms with Crippen LogP contribution in [-0.2, 0) is 15.1 Å². The predicted molar refractivity (Wildman–Crippen MR) is 94.7 cm³/mol. The van der Waals surface area contributed by atoms with Crippen LogP contribution in [0, 0.1) is 17.8 Å². The highest BCUT2D eigenvalue weighted by molar-refractivity contribution is 5.76. The van der Waals surface area contributed by atoms with Crippen LogP contribution in [0.3, 0.4) is 0 Å². The first-order valence-corrected chi connectivity index (χ1v) is 7.79. The number of carbonyl (C=O) groups is 1. The number of carbonyl (C=O) groups excluding carboxylic acids is 1. The Morgan fingerprint density at radius 1 is 0.917 bits per heavy atom. The quantitative estimate of drug-likeness (QED) is 0.592. The maximum Gasteiger partial charge on any atom is 0.313 e. The molecule has 0 N–H and O–H groups in total. The van der Waals surface area contributed by atoms with Crippen molar-refractivity contribution < 1.29 is 14.3 Å². The largest absolute Gasteiger partial charge is 0.457 e. The second-order valence-electron chi connectivity index (χ2n) is 6.76. The van der Waals surface area contributed by atoms with Crippen LogP contribution in [0.5, 0.6) is 11.5 Å². The average Bonchev–Trinajstić information content (AvgIpc) is 2.55. The fourth-order valence-corrected chi connectivity index (χ4v) is 1.98. The highest BCUT2D eigenvalue weighted by Crippen LogP contribution is 2.30. The summed E-state index contributed by atoms with van der Waals surface area (Å²) in [6.07, 6.45) is 5.63. The Kier molecular flexibility index (Phi) is 4.99. The lowest BCUT2D eigenvalue weighted by Gasteiger charge is -2.28. The lowest BCUT2D eigenvalue weighted by atomic mass is 9.93. The van der Waals surface area contributed by atoms with Gasteiger partial charge in [-0.2, -0.15) is 0 Å². The summed E-state index contributed by atoms with van der Waals surface area (Å²) in [5.41, 5.74) is -1.01. The van der Waals surface area contributed by atoms with Gasteiger partial charge in [0.2, 0.25) is 0 Å². The van der Waals surface area contributed by atoms with Gasteiger partial charge in [0.1, 0.15) is 11.5 Å². The van der Waals surface area contributed by atoms with Gasteiger partial charge < -0.3 is 9.47 Å². The van der Waals surface area contributed by atoms with Crippen molar-refractivity contribution in [2.45, 2.75) is 33.3 Å². The minimum absolute atomic E-state index is 0.340.